The Hall–Kier alpha value is -0.120. The van der Waals surface area contributed by atoms with Gasteiger partial charge >= 0.3 is 0 Å². The molecule has 3 aliphatic heterocycles. The third kappa shape index (κ3) is 6.72. The Morgan fingerprint density at radius 2 is 1.89 bits per heavy atom. The largest absolute Gasteiger partial charge is 0.375 e. The fourth-order valence-corrected chi connectivity index (χ4v) is 4.35. The van der Waals surface area contributed by atoms with Crippen molar-refractivity contribution in [3.8, 4) is 0 Å². The molecule has 0 aromatic carbocycles. The van der Waals surface area contributed by atoms with Crippen LogP contribution in [-0.4, -0.2) is 86.5 Å². The summed E-state index contributed by atoms with van der Waals surface area (Å²) in [5.41, 5.74) is 0. The Kier molecular flexibility index (Phi) is 10.1. The molecular formula is C20H39IN4O2. The average Bonchev–Trinajstić information content (AvgIpc) is 3.20. The van der Waals surface area contributed by atoms with Crippen molar-refractivity contribution in [3.63, 3.8) is 0 Å². The molecule has 0 amide bonds. The van der Waals surface area contributed by atoms with Gasteiger partial charge in [0, 0.05) is 45.4 Å². The molecule has 3 saturated heterocycles. The number of nitrogens with one attached hydrogen (secondary N) is 1. The van der Waals surface area contributed by atoms with Crippen LogP contribution in [-0.2, 0) is 9.47 Å². The van der Waals surface area contributed by atoms with Crippen molar-refractivity contribution < 1.29 is 9.47 Å². The van der Waals surface area contributed by atoms with E-state index < -0.39 is 0 Å². The summed E-state index contributed by atoms with van der Waals surface area (Å²) < 4.78 is 11.9. The number of likely N-dealkylation sites (tertiary alicyclic amines) is 1. The average molecular weight is 494 g/mol. The maximum absolute atomic E-state index is 6.00. The van der Waals surface area contributed by atoms with Gasteiger partial charge in [-0.2, -0.15) is 0 Å². The monoisotopic (exact) mass is 494 g/mol. The van der Waals surface area contributed by atoms with Crippen LogP contribution in [0, 0.1) is 5.92 Å². The third-order valence-corrected chi connectivity index (χ3v) is 5.89. The zero-order chi connectivity index (χ0) is 18.4. The SMILES string of the molecule is CCNC(=NCC1CCCN(C(C)C)C1)N1CCOC(C2CCCO2)C1.I. The summed E-state index contributed by atoms with van der Waals surface area (Å²) >= 11 is 0. The highest BCUT2D eigenvalue weighted by Crippen LogP contribution is 2.22. The molecule has 0 saturated carbocycles. The van der Waals surface area contributed by atoms with Gasteiger partial charge in [-0.3, -0.25) is 4.99 Å². The number of hydrogen-bond donors (Lipinski definition) is 1. The van der Waals surface area contributed by atoms with Crippen LogP contribution in [0.3, 0.4) is 0 Å². The lowest BCUT2D eigenvalue weighted by atomic mass is 9.97. The molecule has 158 valence electrons. The van der Waals surface area contributed by atoms with E-state index in [-0.39, 0.29) is 36.2 Å². The van der Waals surface area contributed by atoms with Gasteiger partial charge in [0.15, 0.2) is 5.96 Å². The van der Waals surface area contributed by atoms with Gasteiger partial charge in [0.25, 0.3) is 0 Å². The number of morpholine rings is 1. The molecule has 6 nitrogen and oxygen atoms in total. The molecule has 1 N–H and O–H groups in total. The second-order valence-corrected chi connectivity index (χ2v) is 8.20. The topological polar surface area (TPSA) is 49.3 Å². The number of ether oxygens (including phenoxy) is 2. The summed E-state index contributed by atoms with van der Waals surface area (Å²) in [5.74, 6) is 1.73. The quantitative estimate of drug-likeness (QED) is 0.362. The van der Waals surface area contributed by atoms with Gasteiger partial charge in [-0.15, -0.1) is 24.0 Å². The molecule has 0 aromatic heterocycles. The van der Waals surface area contributed by atoms with E-state index in [9.17, 15) is 0 Å². The molecule has 0 spiro atoms. The van der Waals surface area contributed by atoms with Crippen LogP contribution in [0.5, 0.6) is 0 Å². The Labute approximate surface area is 182 Å². The molecule has 3 aliphatic rings. The second kappa shape index (κ2) is 11.8. The first-order valence-corrected chi connectivity index (χ1v) is 10.7. The Balaban J connectivity index is 0.00000261. The van der Waals surface area contributed by atoms with E-state index >= 15 is 0 Å². The van der Waals surface area contributed by atoms with Gasteiger partial charge in [0.05, 0.1) is 12.7 Å². The summed E-state index contributed by atoms with van der Waals surface area (Å²) in [5, 5.41) is 3.50. The van der Waals surface area contributed by atoms with Crippen LogP contribution in [0.25, 0.3) is 0 Å². The zero-order valence-electron chi connectivity index (χ0n) is 17.4. The first-order chi connectivity index (χ1) is 12.7. The Morgan fingerprint density at radius 1 is 1.07 bits per heavy atom. The molecule has 0 radical (unpaired) electrons. The highest BCUT2D eigenvalue weighted by Gasteiger charge is 2.32. The van der Waals surface area contributed by atoms with E-state index in [2.05, 4.69) is 35.9 Å². The fourth-order valence-electron chi connectivity index (χ4n) is 4.35. The standard InChI is InChI=1S/C20H38N4O2.HI/c1-4-21-20(22-13-17-7-5-9-23(14-17)16(2)3)24-10-12-26-19(15-24)18-8-6-11-25-18;/h16-19H,4-15H2,1-3H3,(H,21,22);1H. The van der Waals surface area contributed by atoms with E-state index in [1.165, 1.54) is 25.9 Å². The highest BCUT2D eigenvalue weighted by molar-refractivity contribution is 14.0. The summed E-state index contributed by atoms with van der Waals surface area (Å²) in [7, 11) is 0. The first-order valence-electron chi connectivity index (χ1n) is 10.7. The number of guanidine groups is 1. The zero-order valence-corrected chi connectivity index (χ0v) is 19.7. The van der Waals surface area contributed by atoms with Gasteiger partial charge in [0.1, 0.15) is 6.10 Å². The lowest BCUT2D eigenvalue weighted by Gasteiger charge is -2.38. The number of halogens is 1. The molecular weight excluding hydrogens is 455 g/mol. The molecule has 3 unspecified atom stereocenters. The van der Waals surface area contributed by atoms with Crippen molar-refractivity contribution in [2.75, 3.05) is 52.5 Å². The molecule has 27 heavy (non-hydrogen) atoms. The van der Waals surface area contributed by atoms with Crippen LogP contribution < -0.4 is 5.32 Å². The lowest BCUT2D eigenvalue weighted by molar-refractivity contribution is -0.0817. The molecule has 0 aliphatic carbocycles. The third-order valence-electron chi connectivity index (χ3n) is 5.89. The van der Waals surface area contributed by atoms with E-state index in [1.54, 1.807) is 0 Å². The number of aliphatic imine (C=N–C) groups is 1. The van der Waals surface area contributed by atoms with Crippen LogP contribution in [0.2, 0.25) is 0 Å². The number of piperidine rings is 1. The molecule has 7 heteroatoms. The normalized spacial score (nSPS) is 30.4. The van der Waals surface area contributed by atoms with Crippen molar-refractivity contribution in [3.05, 3.63) is 0 Å². The molecule has 0 bridgehead atoms. The van der Waals surface area contributed by atoms with E-state index in [4.69, 9.17) is 14.5 Å². The van der Waals surface area contributed by atoms with Crippen LogP contribution in [0.1, 0.15) is 46.5 Å². The van der Waals surface area contributed by atoms with E-state index in [0.29, 0.717) is 12.0 Å². The van der Waals surface area contributed by atoms with Crippen molar-refractivity contribution >= 4 is 29.9 Å². The summed E-state index contributed by atoms with van der Waals surface area (Å²) in [6, 6.07) is 0.640. The minimum Gasteiger partial charge on any atom is -0.375 e. The second-order valence-electron chi connectivity index (χ2n) is 8.20. The minimum absolute atomic E-state index is 0. The molecule has 3 rings (SSSR count). The van der Waals surface area contributed by atoms with E-state index in [1.807, 2.05) is 0 Å². The number of hydrogen-bond acceptors (Lipinski definition) is 4. The lowest BCUT2D eigenvalue weighted by Crippen LogP contribution is -2.53. The first kappa shape index (κ1) is 23.2. The van der Waals surface area contributed by atoms with Gasteiger partial charge < -0.3 is 24.6 Å². The fraction of sp³-hybridized carbons (Fsp3) is 0.950. The van der Waals surface area contributed by atoms with Crippen LogP contribution >= 0.6 is 24.0 Å². The maximum Gasteiger partial charge on any atom is 0.194 e. The number of nitrogens with zero attached hydrogens (tertiary/aromatic N) is 3. The Morgan fingerprint density at radius 3 is 2.59 bits per heavy atom. The van der Waals surface area contributed by atoms with E-state index in [0.717, 1.165) is 58.2 Å². The summed E-state index contributed by atoms with van der Waals surface area (Å²) in [6.07, 6.45) is 5.33. The Bertz CT molecular complexity index is 457. The highest BCUT2D eigenvalue weighted by atomic mass is 127. The molecule has 3 heterocycles. The van der Waals surface area contributed by atoms with Crippen LogP contribution in [0.4, 0.5) is 0 Å². The number of rotatable bonds is 5. The predicted octanol–water partition coefficient (Wildman–Crippen LogP) is 2.57. The van der Waals surface area contributed by atoms with Gasteiger partial charge in [-0.1, -0.05) is 0 Å². The molecule has 0 aromatic rings. The van der Waals surface area contributed by atoms with Gasteiger partial charge in [0.2, 0.25) is 0 Å². The van der Waals surface area contributed by atoms with Crippen molar-refractivity contribution in [1.82, 2.24) is 15.1 Å². The predicted molar refractivity (Wildman–Crippen MR) is 121 cm³/mol. The van der Waals surface area contributed by atoms with Crippen molar-refractivity contribution in [1.29, 1.82) is 0 Å². The van der Waals surface area contributed by atoms with Crippen molar-refractivity contribution in [2.24, 2.45) is 10.9 Å². The maximum atomic E-state index is 6.00. The molecule has 3 fully saturated rings. The smallest absolute Gasteiger partial charge is 0.194 e. The molecule has 3 atom stereocenters. The summed E-state index contributed by atoms with van der Waals surface area (Å²) in [6.45, 7) is 14.4. The van der Waals surface area contributed by atoms with Gasteiger partial charge in [-0.25, -0.2) is 0 Å². The van der Waals surface area contributed by atoms with Crippen LogP contribution in [0.15, 0.2) is 4.99 Å². The summed E-state index contributed by atoms with van der Waals surface area (Å²) in [4.78, 5) is 10.00. The van der Waals surface area contributed by atoms with Crippen molar-refractivity contribution in [2.45, 2.75) is 64.7 Å². The van der Waals surface area contributed by atoms with Gasteiger partial charge in [-0.05, 0) is 58.9 Å². The minimum atomic E-state index is 0.